The Labute approximate surface area is 187 Å². The normalized spacial score (nSPS) is 17.5. The predicted octanol–water partition coefficient (Wildman–Crippen LogP) is 4.51. The summed E-state index contributed by atoms with van der Waals surface area (Å²) in [6.45, 7) is 1.64. The molecule has 0 aliphatic carbocycles. The Kier molecular flexibility index (Phi) is 5.63. The van der Waals surface area contributed by atoms with Crippen LogP contribution in [0.1, 0.15) is 23.1 Å². The van der Waals surface area contributed by atoms with E-state index in [9.17, 15) is 23.5 Å². The highest BCUT2D eigenvalue weighted by Crippen LogP contribution is 2.44. The lowest BCUT2D eigenvalue weighted by Crippen LogP contribution is -2.30. The summed E-state index contributed by atoms with van der Waals surface area (Å²) in [6.07, 6.45) is 0. The molecular weight excluding hydrogens is 436 g/mol. The molecule has 0 radical (unpaired) electrons. The number of halogens is 2. The molecule has 7 nitrogen and oxygen atoms in total. The standard InChI is InChI=1S/C24H19F2NO6/c1-12-4-9-18(33-12)21-20(22(28)15-7-6-14(31-2)11-19(15)32-3)23(29)24(30)27(21)17-10-13(25)5-8-16(17)26/h4-11,21,28H,1-3H3/b22-20-. The van der Waals surface area contributed by atoms with E-state index in [2.05, 4.69) is 0 Å². The molecule has 1 fully saturated rings. The van der Waals surface area contributed by atoms with Crippen LogP contribution < -0.4 is 14.4 Å². The van der Waals surface area contributed by atoms with Crippen LogP contribution in [0.3, 0.4) is 0 Å². The zero-order chi connectivity index (χ0) is 23.9. The number of furan rings is 1. The quantitative estimate of drug-likeness (QED) is 0.346. The van der Waals surface area contributed by atoms with Gasteiger partial charge >= 0.3 is 0 Å². The number of carbonyl (C=O) groups excluding carboxylic acids is 2. The van der Waals surface area contributed by atoms with Gasteiger partial charge in [0, 0.05) is 12.1 Å². The van der Waals surface area contributed by atoms with Crippen molar-refractivity contribution in [1.29, 1.82) is 0 Å². The Morgan fingerprint density at radius 2 is 1.79 bits per heavy atom. The molecule has 1 N–H and O–H groups in total. The van der Waals surface area contributed by atoms with Crippen molar-refractivity contribution in [2.45, 2.75) is 13.0 Å². The van der Waals surface area contributed by atoms with Gasteiger partial charge < -0.3 is 19.0 Å². The molecule has 3 aromatic rings. The van der Waals surface area contributed by atoms with Crippen LogP contribution in [0.4, 0.5) is 14.5 Å². The fourth-order valence-corrected chi connectivity index (χ4v) is 3.76. The van der Waals surface area contributed by atoms with Gasteiger partial charge in [-0.2, -0.15) is 0 Å². The number of methoxy groups -OCH3 is 2. The number of nitrogens with zero attached hydrogens (tertiary/aromatic N) is 1. The Bertz CT molecular complexity index is 1300. The molecule has 1 aliphatic rings. The van der Waals surface area contributed by atoms with E-state index in [-0.39, 0.29) is 22.6 Å². The smallest absolute Gasteiger partial charge is 0.300 e. The SMILES string of the molecule is COc1ccc(/C(O)=C2/C(=O)C(=O)N(c3cc(F)ccc3F)C2c2ccc(C)o2)c(OC)c1. The van der Waals surface area contributed by atoms with Gasteiger partial charge in [0.05, 0.1) is 31.0 Å². The summed E-state index contributed by atoms with van der Waals surface area (Å²) in [5.41, 5.74) is -0.720. The van der Waals surface area contributed by atoms with Gasteiger partial charge in [0.2, 0.25) is 0 Å². The molecule has 0 saturated carbocycles. The average Bonchev–Trinajstić information content (AvgIpc) is 3.35. The number of rotatable bonds is 5. The van der Waals surface area contributed by atoms with Crippen molar-refractivity contribution >= 4 is 23.1 Å². The summed E-state index contributed by atoms with van der Waals surface area (Å²) in [5.74, 6) is -3.38. The van der Waals surface area contributed by atoms with Gasteiger partial charge in [-0.05, 0) is 43.3 Å². The molecule has 1 amide bonds. The van der Waals surface area contributed by atoms with Crippen LogP contribution >= 0.6 is 0 Å². The number of Topliss-reactive ketones (excluding diaryl/α,β-unsaturated/α-hetero) is 1. The summed E-state index contributed by atoms with van der Waals surface area (Å²) >= 11 is 0. The monoisotopic (exact) mass is 455 g/mol. The van der Waals surface area contributed by atoms with Crippen LogP contribution in [-0.4, -0.2) is 31.0 Å². The van der Waals surface area contributed by atoms with Crippen molar-refractivity contribution in [2.24, 2.45) is 0 Å². The van der Waals surface area contributed by atoms with E-state index < -0.39 is 40.8 Å². The number of benzene rings is 2. The first-order valence-electron chi connectivity index (χ1n) is 9.81. The maximum atomic E-state index is 14.7. The molecule has 2 aromatic carbocycles. The molecule has 1 aromatic heterocycles. The number of aliphatic hydroxyl groups is 1. The number of hydrogen-bond acceptors (Lipinski definition) is 6. The van der Waals surface area contributed by atoms with Crippen LogP contribution in [0.2, 0.25) is 0 Å². The van der Waals surface area contributed by atoms with Crippen molar-refractivity contribution in [3.05, 3.63) is 82.8 Å². The number of ether oxygens (including phenoxy) is 2. The van der Waals surface area contributed by atoms with Crippen molar-refractivity contribution in [3.8, 4) is 11.5 Å². The maximum Gasteiger partial charge on any atom is 0.300 e. The molecule has 170 valence electrons. The molecule has 1 unspecified atom stereocenters. The highest BCUT2D eigenvalue weighted by molar-refractivity contribution is 6.51. The predicted molar refractivity (Wildman–Crippen MR) is 114 cm³/mol. The van der Waals surface area contributed by atoms with Gasteiger partial charge in [0.25, 0.3) is 11.7 Å². The summed E-state index contributed by atoms with van der Waals surface area (Å²) in [7, 11) is 2.81. The molecule has 33 heavy (non-hydrogen) atoms. The second kappa shape index (κ2) is 8.42. The fraction of sp³-hybridized carbons (Fsp3) is 0.167. The van der Waals surface area contributed by atoms with E-state index in [1.54, 1.807) is 13.0 Å². The lowest BCUT2D eigenvalue weighted by molar-refractivity contribution is -0.132. The zero-order valence-corrected chi connectivity index (χ0v) is 17.9. The van der Waals surface area contributed by atoms with Crippen molar-refractivity contribution in [1.82, 2.24) is 0 Å². The van der Waals surface area contributed by atoms with Crippen LogP contribution in [0.25, 0.3) is 5.76 Å². The number of anilines is 1. The van der Waals surface area contributed by atoms with Gasteiger partial charge in [-0.1, -0.05) is 0 Å². The minimum atomic E-state index is -1.35. The second-order valence-corrected chi connectivity index (χ2v) is 7.28. The van der Waals surface area contributed by atoms with E-state index in [1.807, 2.05) is 0 Å². The molecular formula is C24H19F2NO6. The fourth-order valence-electron chi connectivity index (χ4n) is 3.76. The summed E-state index contributed by atoms with van der Waals surface area (Å²) < 4.78 is 44.7. The molecule has 1 aliphatic heterocycles. The van der Waals surface area contributed by atoms with Crippen LogP contribution in [-0.2, 0) is 9.59 Å². The summed E-state index contributed by atoms with van der Waals surface area (Å²) in [5, 5.41) is 11.2. The van der Waals surface area contributed by atoms with Gasteiger partial charge in [-0.15, -0.1) is 0 Å². The lowest BCUT2D eigenvalue weighted by Gasteiger charge is -2.24. The highest BCUT2D eigenvalue weighted by Gasteiger charge is 2.49. The largest absolute Gasteiger partial charge is 0.507 e. The third-order valence-electron chi connectivity index (χ3n) is 5.31. The molecule has 0 bridgehead atoms. The number of ketones is 1. The first-order chi connectivity index (χ1) is 15.8. The van der Waals surface area contributed by atoms with Crippen LogP contribution in [0.15, 0.2) is 58.5 Å². The number of hydrogen-bond donors (Lipinski definition) is 1. The molecule has 0 spiro atoms. The summed E-state index contributed by atoms with van der Waals surface area (Å²) in [6, 6.07) is 8.76. The number of aryl methyl sites for hydroxylation is 1. The second-order valence-electron chi connectivity index (χ2n) is 7.28. The van der Waals surface area contributed by atoms with Gasteiger partial charge in [-0.25, -0.2) is 8.78 Å². The topological polar surface area (TPSA) is 89.2 Å². The molecule has 4 rings (SSSR count). The van der Waals surface area contributed by atoms with E-state index in [0.29, 0.717) is 11.5 Å². The molecule has 9 heteroatoms. The van der Waals surface area contributed by atoms with Gasteiger partial charge in [-0.3, -0.25) is 14.5 Å². The molecule has 2 heterocycles. The van der Waals surface area contributed by atoms with Gasteiger partial charge in [0.15, 0.2) is 0 Å². The number of carbonyl (C=O) groups is 2. The minimum Gasteiger partial charge on any atom is -0.507 e. The zero-order valence-electron chi connectivity index (χ0n) is 17.9. The number of aliphatic hydroxyl groups excluding tert-OH is 1. The lowest BCUT2D eigenvalue weighted by atomic mass is 9.98. The van der Waals surface area contributed by atoms with Crippen LogP contribution in [0.5, 0.6) is 11.5 Å². The van der Waals surface area contributed by atoms with E-state index in [1.165, 1.54) is 38.5 Å². The average molecular weight is 455 g/mol. The van der Waals surface area contributed by atoms with E-state index in [4.69, 9.17) is 13.9 Å². The van der Waals surface area contributed by atoms with E-state index in [0.717, 1.165) is 23.1 Å². The number of amides is 1. The van der Waals surface area contributed by atoms with Crippen LogP contribution in [0, 0.1) is 18.6 Å². The molecule has 1 atom stereocenters. The maximum absolute atomic E-state index is 14.7. The Hall–Kier alpha value is -4.14. The van der Waals surface area contributed by atoms with Crippen molar-refractivity contribution in [3.63, 3.8) is 0 Å². The molecule has 1 saturated heterocycles. The van der Waals surface area contributed by atoms with E-state index >= 15 is 0 Å². The highest BCUT2D eigenvalue weighted by atomic mass is 19.1. The Balaban J connectivity index is 1.98. The summed E-state index contributed by atoms with van der Waals surface area (Å²) in [4.78, 5) is 26.9. The van der Waals surface area contributed by atoms with Crippen molar-refractivity contribution in [2.75, 3.05) is 19.1 Å². The first-order valence-corrected chi connectivity index (χ1v) is 9.81. The minimum absolute atomic E-state index is 0.0874. The van der Waals surface area contributed by atoms with Crippen molar-refractivity contribution < 1.29 is 37.4 Å². The third-order valence-corrected chi connectivity index (χ3v) is 5.31. The Morgan fingerprint density at radius 3 is 2.42 bits per heavy atom. The third kappa shape index (κ3) is 3.71. The Morgan fingerprint density at radius 1 is 1.03 bits per heavy atom. The van der Waals surface area contributed by atoms with Gasteiger partial charge in [0.1, 0.15) is 46.5 Å². The first kappa shape index (κ1) is 22.1.